The van der Waals surface area contributed by atoms with E-state index in [1.54, 1.807) is 0 Å². The molecular weight excluding hydrogens is 208 g/mol. The van der Waals surface area contributed by atoms with Crippen LogP contribution < -0.4 is 5.32 Å². The number of rotatable bonds is 4. The van der Waals surface area contributed by atoms with Crippen molar-refractivity contribution >= 4 is 11.6 Å². The van der Waals surface area contributed by atoms with Crippen molar-refractivity contribution in [2.45, 2.75) is 18.9 Å². The van der Waals surface area contributed by atoms with Crippen LogP contribution >= 0.6 is 11.6 Å². The average Bonchev–Trinajstić information content (AvgIpc) is 2.06. The van der Waals surface area contributed by atoms with E-state index in [0.717, 1.165) is 11.1 Å². The highest BCUT2D eigenvalue weighted by Gasteiger charge is 2.23. The maximum Gasteiger partial charge on any atom is 0.333 e. The van der Waals surface area contributed by atoms with E-state index < -0.39 is 11.9 Å². The van der Waals surface area contributed by atoms with Gasteiger partial charge in [-0.2, -0.15) is 8.78 Å². The second-order valence-corrected chi connectivity index (χ2v) is 3.76. The van der Waals surface area contributed by atoms with Gasteiger partial charge < -0.3 is 5.32 Å². The van der Waals surface area contributed by atoms with Gasteiger partial charge in [0.05, 0.1) is 6.54 Å². The van der Waals surface area contributed by atoms with Gasteiger partial charge in [-0.05, 0) is 24.1 Å². The molecule has 0 saturated carbocycles. The van der Waals surface area contributed by atoms with Gasteiger partial charge in [0.15, 0.2) is 0 Å². The van der Waals surface area contributed by atoms with Gasteiger partial charge >= 0.3 is 5.38 Å². The fourth-order valence-corrected chi connectivity index (χ4v) is 1.15. The third-order valence-electron chi connectivity index (χ3n) is 1.78. The van der Waals surface area contributed by atoms with Crippen LogP contribution in [0.2, 0.25) is 0 Å². The SMILES string of the molecule is Cc1ccc(CNCC(F)(F)Cl)cc1. The fourth-order valence-electron chi connectivity index (χ4n) is 1.05. The van der Waals surface area contributed by atoms with Crippen LogP contribution in [0.1, 0.15) is 11.1 Å². The normalized spacial score (nSPS) is 11.7. The van der Waals surface area contributed by atoms with Crippen LogP contribution in [0.15, 0.2) is 24.3 Å². The number of alkyl halides is 3. The summed E-state index contributed by atoms with van der Waals surface area (Å²) in [5.74, 6) is 0. The molecule has 1 nitrogen and oxygen atoms in total. The molecule has 1 rings (SSSR count). The number of aryl methyl sites for hydroxylation is 1. The maximum absolute atomic E-state index is 12.2. The van der Waals surface area contributed by atoms with Crippen LogP contribution in [0.5, 0.6) is 0 Å². The zero-order chi connectivity index (χ0) is 10.6. The molecule has 0 aliphatic rings. The molecule has 0 heterocycles. The van der Waals surface area contributed by atoms with Gasteiger partial charge in [-0.25, -0.2) is 0 Å². The molecule has 0 bridgehead atoms. The van der Waals surface area contributed by atoms with Gasteiger partial charge in [-0.15, -0.1) is 0 Å². The maximum atomic E-state index is 12.2. The average molecular weight is 220 g/mol. The summed E-state index contributed by atoms with van der Waals surface area (Å²) in [6.45, 7) is 1.87. The predicted octanol–water partition coefficient (Wildman–Crippen LogP) is 2.92. The molecule has 1 aromatic rings. The van der Waals surface area contributed by atoms with Crippen LogP contribution in [0.4, 0.5) is 8.78 Å². The third kappa shape index (κ3) is 4.53. The number of nitrogens with one attached hydrogen (secondary N) is 1. The van der Waals surface area contributed by atoms with Crippen molar-refractivity contribution < 1.29 is 8.78 Å². The van der Waals surface area contributed by atoms with E-state index in [4.69, 9.17) is 11.6 Å². The smallest absolute Gasteiger partial charge is 0.306 e. The Hall–Kier alpha value is -0.670. The first-order chi connectivity index (χ1) is 6.47. The molecule has 0 amide bonds. The molecule has 0 aliphatic heterocycles. The minimum absolute atomic E-state index is 0.405. The number of halogens is 3. The molecule has 1 N–H and O–H groups in total. The van der Waals surface area contributed by atoms with Crippen molar-refractivity contribution in [3.8, 4) is 0 Å². The summed E-state index contributed by atoms with van der Waals surface area (Å²) >= 11 is 4.73. The molecule has 78 valence electrons. The largest absolute Gasteiger partial charge is 0.333 e. The lowest BCUT2D eigenvalue weighted by atomic mass is 10.1. The summed E-state index contributed by atoms with van der Waals surface area (Å²) in [6, 6.07) is 7.68. The monoisotopic (exact) mass is 219 g/mol. The first kappa shape index (κ1) is 11.4. The van der Waals surface area contributed by atoms with Crippen LogP contribution in [0.3, 0.4) is 0 Å². The number of benzene rings is 1. The van der Waals surface area contributed by atoms with Crippen molar-refractivity contribution in [3.63, 3.8) is 0 Å². The van der Waals surface area contributed by atoms with E-state index in [1.165, 1.54) is 0 Å². The zero-order valence-corrected chi connectivity index (χ0v) is 8.61. The lowest BCUT2D eigenvalue weighted by Gasteiger charge is -2.09. The van der Waals surface area contributed by atoms with E-state index in [1.807, 2.05) is 31.2 Å². The standard InChI is InChI=1S/C10H12ClF2N/c1-8-2-4-9(5-3-8)6-14-7-10(11,12)13/h2-5,14H,6-7H2,1H3. The van der Waals surface area contributed by atoms with Crippen molar-refractivity contribution in [1.29, 1.82) is 0 Å². The minimum atomic E-state index is -3.16. The quantitative estimate of drug-likeness (QED) is 0.768. The Balaban J connectivity index is 2.35. The van der Waals surface area contributed by atoms with Gasteiger partial charge in [0, 0.05) is 6.54 Å². The van der Waals surface area contributed by atoms with E-state index in [2.05, 4.69) is 5.32 Å². The third-order valence-corrected chi connectivity index (χ3v) is 1.91. The minimum Gasteiger partial charge on any atom is -0.306 e. The lowest BCUT2D eigenvalue weighted by Crippen LogP contribution is -2.27. The highest BCUT2D eigenvalue weighted by atomic mass is 35.5. The van der Waals surface area contributed by atoms with Crippen molar-refractivity contribution in [2.24, 2.45) is 0 Å². The summed E-state index contributed by atoms with van der Waals surface area (Å²) < 4.78 is 24.4. The second kappa shape index (κ2) is 4.71. The zero-order valence-electron chi connectivity index (χ0n) is 7.86. The molecule has 0 spiro atoms. The Morgan fingerprint density at radius 3 is 2.36 bits per heavy atom. The van der Waals surface area contributed by atoms with Crippen LogP contribution in [-0.2, 0) is 6.54 Å². The number of hydrogen-bond donors (Lipinski definition) is 1. The van der Waals surface area contributed by atoms with E-state index in [-0.39, 0.29) is 0 Å². The number of hydrogen-bond acceptors (Lipinski definition) is 1. The van der Waals surface area contributed by atoms with Crippen LogP contribution in [0.25, 0.3) is 0 Å². The summed E-state index contributed by atoms with van der Waals surface area (Å²) in [6.07, 6.45) is 0. The Morgan fingerprint density at radius 1 is 1.29 bits per heavy atom. The van der Waals surface area contributed by atoms with Gasteiger partial charge in [-0.1, -0.05) is 29.8 Å². The van der Waals surface area contributed by atoms with Crippen molar-refractivity contribution in [1.82, 2.24) is 5.32 Å². The molecule has 0 aromatic heterocycles. The Kier molecular flexibility index (Phi) is 3.84. The van der Waals surface area contributed by atoms with Gasteiger partial charge in [0.1, 0.15) is 0 Å². The molecule has 0 unspecified atom stereocenters. The van der Waals surface area contributed by atoms with Crippen molar-refractivity contribution in [3.05, 3.63) is 35.4 Å². The fraction of sp³-hybridized carbons (Fsp3) is 0.400. The Labute approximate surface area is 87.1 Å². The first-order valence-electron chi connectivity index (χ1n) is 4.30. The van der Waals surface area contributed by atoms with Crippen LogP contribution in [-0.4, -0.2) is 11.9 Å². The van der Waals surface area contributed by atoms with E-state index in [9.17, 15) is 8.78 Å². The molecule has 4 heteroatoms. The molecular formula is C10H12ClF2N. The van der Waals surface area contributed by atoms with Crippen LogP contribution in [0, 0.1) is 6.92 Å². The highest BCUT2D eigenvalue weighted by Crippen LogP contribution is 2.16. The van der Waals surface area contributed by atoms with Gasteiger partial charge in [0.25, 0.3) is 0 Å². The highest BCUT2D eigenvalue weighted by molar-refractivity contribution is 6.21. The van der Waals surface area contributed by atoms with E-state index in [0.29, 0.717) is 6.54 Å². The molecule has 0 atom stereocenters. The summed E-state index contributed by atoms with van der Waals surface area (Å²) in [7, 11) is 0. The summed E-state index contributed by atoms with van der Waals surface area (Å²) in [5.41, 5.74) is 2.12. The first-order valence-corrected chi connectivity index (χ1v) is 4.68. The molecule has 14 heavy (non-hydrogen) atoms. The van der Waals surface area contributed by atoms with Gasteiger partial charge in [-0.3, -0.25) is 0 Å². The Bertz CT molecular complexity index is 279. The lowest BCUT2D eigenvalue weighted by molar-refractivity contribution is 0.0949. The van der Waals surface area contributed by atoms with Gasteiger partial charge in [0.2, 0.25) is 0 Å². The topological polar surface area (TPSA) is 12.0 Å². The summed E-state index contributed by atoms with van der Waals surface area (Å²) in [5, 5.41) is -0.583. The summed E-state index contributed by atoms with van der Waals surface area (Å²) in [4.78, 5) is 0. The molecule has 0 saturated heterocycles. The molecule has 0 fully saturated rings. The molecule has 1 aromatic carbocycles. The van der Waals surface area contributed by atoms with E-state index >= 15 is 0 Å². The molecule has 0 aliphatic carbocycles. The van der Waals surface area contributed by atoms with Crippen molar-refractivity contribution in [2.75, 3.05) is 6.54 Å². The Morgan fingerprint density at radius 2 is 1.86 bits per heavy atom. The second-order valence-electron chi connectivity index (χ2n) is 3.20. The predicted molar refractivity (Wildman–Crippen MR) is 53.7 cm³/mol. The molecule has 0 radical (unpaired) electrons.